The Labute approximate surface area is 262 Å². The molecule has 0 saturated carbocycles. The molecule has 0 bridgehead atoms. The van der Waals surface area contributed by atoms with E-state index >= 15 is 0 Å². The Balaban J connectivity index is -0.000000648. The quantitative estimate of drug-likeness (QED) is 0.0543. The van der Waals surface area contributed by atoms with Crippen molar-refractivity contribution in [3.63, 3.8) is 0 Å². The van der Waals surface area contributed by atoms with E-state index in [0.29, 0.717) is 13.1 Å². The third kappa shape index (κ3) is 48.6. The van der Waals surface area contributed by atoms with Gasteiger partial charge in [-0.05, 0) is 0 Å². The third-order valence-corrected chi connectivity index (χ3v) is 8.06. The summed E-state index contributed by atoms with van der Waals surface area (Å²) in [7, 11) is 0. The van der Waals surface area contributed by atoms with E-state index in [1.165, 1.54) is 193 Å². The summed E-state index contributed by atoms with van der Waals surface area (Å²) in [5.74, 6) is 0. The third-order valence-electron chi connectivity index (χ3n) is 8.06. The molecule has 0 aromatic heterocycles. The number of hydrogen-bond donors (Lipinski definition) is 0. The van der Waals surface area contributed by atoms with E-state index in [4.69, 9.17) is 11.5 Å². The molecule has 39 heavy (non-hydrogen) atoms. The summed E-state index contributed by atoms with van der Waals surface area (Å²) >= 11 is 0. The second kappa shape index (κ2) is 45.5. The average molecular weight is 602 g/mol. The zero-order chi connectivity index (χ0) is 28.0. The molecular formula is C36H76N2Zn. The van der Waals surface area contributed by atoms with Crippen LogP contribution in [0.3, 0.4) is 0 Å². The Morgan fingerprint density at radius 3 is 0.487 bits per heavy atom. The summed E-state index contributed by atoms with van der Waals surface area (Å²) in [5.41, 5.74) is 14.2. The molecule has 0 aromatic carbocycles. The monoisotopic (exact) mass is 601 g/mol. The van der Waals surface area contributed by atoms with Crippen molar-refractivity contribution in [1.29, 1.82) is 0 Å². The maximum atomic E-state index is 7.08. The van der Waals surface area contributed by atoms with Crippen molar-refractivity contribution in [1.82, 2.24) is 0 Å². The average Bonchev–Trinajstić information content (AvgIpc) is 2.93. The molecule has 0 radical (unpaired) electrons. The molecule has 232 valence electrons. The van der Waals surface area contributed by atoms with Gasteiger partial charge in [-0.15, -0.1) is 0 Å². The van der Waals surface area contributed by atoms with Crippen molar-refractivity contribution in [2.45, 2.75) is 219 Å². The second-order valence-electron chi connectivity index (χ2n) is 12.1. The topological polar surface area (TPSA) is 47.6 Å². The Morgan fingerprint density at radius 2 is 0.359 bits per heavy atom. The molecule has 0 aliphatic heterocycles. The Hall–Kier alpha value is 0.543. The second-order valence-corrected chi connectivity index (χ2v) is 12.1. The van der Waals surface area contributed by atoms with Crippen LogP contribution in [0.25, 0.3) is 11.5 Å². The van der Waals surface area contributed by atoms with Crippen LogP contribution >= 0.6 is 0 Å². The summed E-state index contributed by atoms with van der Waals surface area (Å²) in [6.45, 7) is 5.82. The molecule has 0 aliphatic carbocycles. The Bertz CT molecular complexity index is 298. The minimum absolute atomic E-state index is 0. The molecule has 0 rings (SSSR count). The molecule has 0 atom stereocenters. The van der Waals surface area contributed by atoms with Crippen LogP contribution in [0.2, 0.25) is 0 Å². The predicted molar refractivity (Wildman–Crippen MR) is 177 cm³/mol. The summed E-state index contributed by atoms with van der Waals surface area (Å²) in [4.78, 5) is 0. The standard InChI is InChI=1S/2C18H38N.Zn/c2*1-2-3-4-5-6-7-8-9-10-11-12-13-14-15-16-17-18-19;/h2*19H,2-18H2,1H3;/q2*-1;+2. The van der Waals surface area contributed by atoms with Crippen molar-refractivity contribution >= 4 is 0 Å². The van der Waals surface area contributed by atoms with Gasteiger partial charge in [0.15, 0.2) is 0 Å². The van der Waals surface area contributed by atoms with Gasteiger partial charge in [-0.3, -0.25) is 0 Å². The van der Waals surface area contributed by atoms with Crippen LogP contribution in [0.4, 0.5) is 0 Å². The molecule has 2 nitrogen and oxygen atoms in total. The number of nitrogens with one attached hydrogen (secondary N) is 2. The van der Waals surface area contributed by atoms with Crippen LogP contribution in [0, 0.1) is 0 Å². The van der Waals surface area contributed by atoms with Gasteiger partial charge >= 0.3 is 19.5 Å². The first kappa shape index (κ1) is 44.0. The molecule has 0 spiro atoms. The van der Waals surface area contributed by atoms with E-state index in [0.717, 1.165) is 12.8 Å². The zero-order valence-corrected chi connectivity index (χ0v) is 30.7. The van der Waals surface area contributed by atoms with E-state index in [-0.39, 0.29) is 19.5 Å². The van der Waals surface area contributed by atoms with Crippen LogP contribution in [-0.2, 0) is 19.5 Å². The van der Waals surface area contributed by atoms with E-state index in [9.17, 15) is 0 Å². The molecule has 0 heterocycles. The van der Waals surface area contributed by atoms with Gasteiger partial charge in [0.05, 0.1) is 0 Å². The van der Waals surface area contributed by atoms with Crippen molar-refractivity contribution in [2.24, 2.45) is 0 Å². The normalized spacial score (nSPS) is 10.8. The van der Waals surface area contributed by atoms with Gasteiger partial charge in [-0.2, -0.15) is 13.1 Å². The maximum absolute atomic E-state index is 7.08. The van der Waals surface area contributed by atoms with Gasteiger partial charge in [0, 0.05) is 0 Å². The summed E-state index contributed by atoms with van der Waals surface area (Å²) < 4.78 is 0. The van der Waals surface area contributed by atoms with Gasteiger partial charge in [-0.1, -0.05) is 219 Å². The summed E-state index contributed by atoms with van der Waals surface area (Å²) in [6, 6.07) is 0. The van der Waals surface area contributed by atoms with Gasteiger partial charge in [0.2, 0.25) is 0 Å². The van der Waals surface area contributed by atoms with Crippen LogP contribution in [0.5, 0.6) is 0 Å². The smallest absolute Gasteiger partial charge is 0.677 e. The first-order valence-electron chi connectivity index (χ1n) is 18.1. The van der Waals surface area contributed by atoms with Gasteiger partial charge in [0.1, 0.15) is 0 Å². The molecule has 3 heteroatoms. The number of rotatable bonds is 32. The molecule has 0 aromatic rings. The summed E-state index contributed by atoms with van der Waals surface area (Å²) in [5, 5.41) is 0. The largest absolute Gasteiger partial charge is 2.00 e. The fourth-order valence-electron chi connectivity index (χ4n) is 5.35. The molecule has 0 saturated heterocycles. The number of unbranched alkanes of at least 4 members (excludes halogenated alkanes) is 30. The van der Waals surface area contributed by atoms with E-state index < -0.39 is 0 Å². The molecule has 0 amide bonds. The molecule has 2 N–H and O–H groups in total. The maximum Gasteiger partial charge on any atom is 2.00 e. The Morgan fingerprint density at radius 1 is 0.231 bits per heavy atom. The fourth-order valence-corrected chi connectivity index (χ4v) is 5.35. The minimum atomic E-state index is 0. The predicted octanol–water partition coefficient (Wildman–Crippen LogP) is 14.6. The molecule has 0 aliphatic rings. The van der Waals surface area contributed by atoms with Crippen molar-refractivity contribution < 1.29 is 19.5 Å². The Kier molecular flexibility index (Phi) is 51.4. The van der Waals surface area contributed by atoms with Crippen LogP contribution in [-0.4, -0.2) is 13.1 Å². The van der Waals surface area contributed by atoms with E-state index in [2.05, 4.69) is 13.8 Å². The molecule has 0 unspecified atom stereocenters. The number of hydrogen-bond acceptors (Lipinski definition) is 0. The SMILES string of the molecule is CCCCCCCCCCCCCCCCCC[NH-].CCCCCCCCCCCCCCCCCC[NH-].[Zn+2]. The zero-order valence-electron chi connectivity index (χ0n) is 27.7. The molecular weight excluding hydrogens is 526 g/mol. The summed E-state index contributed by atoms with van der Waals surface area (Å²) in [6.07, 6.45) is 45.0. The molecule has 0 fully saturated rings. The minimum Gasteiger partial charge on any atom is -0.677 e. The van der Waals surface area contributed by atoms with E-state index in [1.807, 2.05) is 0 Å². The fraction of sp³-hybridized carbons (Fsp3) is 1.00. The van der Waals surface area contributed by atoms with Crippen molar-refractivity contribution in [3.8, 4) is 0 Å². The van der Waals surface area contributed by atoms with E-state index in [1.54, 1.807) is 0 Å². The van der Waals surface area contributed by atoms with Gasteiger partial charge in [0.25, 0.3) is 0 Å². The van der Waals surface area contributed by atoms with Crippen molar-refractivity contribution in [2.75, 3.05) is 13.1 Å². The van der Waals surface area contributed by atoms with Crippen LogP contribution in [0.1, 0.15) is 219 Å². The van der Waals surface area contributed by atoms with Crippen LogP contribution < -0.4 is 0 Å². The first-order valence-corrected chi connectivity index (χ1v) is 18.1. The van der Waals surface area contributed by atoms with Crippen molar-refractivity contribution in [3.05, 3.63) is 11.5 Å². The van der Waals surface area contributed by atoms with Gasteiger partial charge < -0.3 is 11.5 Å². The van der Waals surface area contributed by atoms with Gasteiger partial charge in [-0.25, -0.2) is 0 Å². The first-order chi connectivity index (χ1) is 18.8. The van der Waals surface area contributed by atoms with Crippen LogP contribution in [0.15, 0.2) is 0 Å².